The maximum atomic E-state index is 13.5. The van der Waals surface area contributed by atoms with Gasteiger partial charge in [0, 0.05) is 20.1 Å². The third kappa shape index (κ3) is 8.02. The van der Waals surface area contributed by atoms with Gasteiger partial charge in [-0.05, 0) is 46.9 Å². The van der Waals surface area contributed by atoms with E-state index in [9.17, 15) is 19.2 Å². The maximum Gasteiger partial charge on any atom is 0.407 e. The number of rotatable bonds is 11. The number of hydrogen-bond donors (Lipinski definition) is 5. The third-order valence-electron chi connectivity index (χ3n) is 10.1. The van der Waals surface area contributed by atoms with Crippen LogP contribution >= 0.6 is 0 Å². The standard InChI is InChI=1S/C40H49N9O5/c1-23(2)33(46-39(52)41-5)37(50)48-19-7-9-31(48)35-42-21-29(44-35)27-15-11-25(12-16-27)26-13-17-28(18-14-26)30-22-43-36(45-30)32-10-8-20-49(32)38(51)34(24(3)4)47-40(53)54-6/h7,9,11-18,21-24,31-34H,8,10,19-20H2,1-6H3,(H,42,44)(H,43,45)(H,47,53)(H2,41,46,52)/t31?,32?,33-,34-/m0/s1. The first-order valence-corrected chi connectivity index (χ1v) is 18.4. The molecule has 0 spiro atoms. The molecule has 4 aromatic rings. The molecule has 2 aromatic heterocycles. The van der Waals surface area contributed by atoms with Crippen molar-refractivity contribution in [1.29, 1.82) is 0 Å². The Hall–Kier alpha value is -5.92. The molecule has 0 aliphatic carbocycles. The molecule has 0 radical (unpaired) electrons. The molecule has 284 valence electrons. The zero-order chi connectivity index (χ0) is 38.5. The normalized spacial score (nSPS) is 17.9. The Morgan fingerprint density at radius 1 is 0.759 bits per heavy atom. The minimum absolute atomic E-state index is 0.0919. The van der Waals surface area contributed by atoms with Crippen molar-refractivity contribution in [3.8, 4) is 33.6 Å². The molecule has 5 amide bonds. The van der Waals surface area contributed by atoms with Gasteiger partial charge in [0.2, 0.25) is 11.8 Å². The van der Waals surface area contributed by atoms with Gasteiger partial charge in [0.15, 0.2) is 0 Å². The highest BCUT2D eigenvalue weighted by Gasteiger charge is 2.38. The average Bonchev–Trinajstić information content (AvgIpc) is 4.02. The topological polar surface area (TPSA) is 177 Å². The molecular weight excluding hydrogens is 686 g/mol. The van der Waals surface area contributed by atoms with Gasteiger partial charge < -0.3 is 40.5 Å². The number of aromatic nitrogens is 4. The molecule has 14 nitrogen and oxygen atoms in total. The summed E-state index contributed by atoms with van der Waals surface area (Å²) in [6, 6.07) is 14.1. The lowest BCUT2D eigenvalue weighted by molar-refractivity contribution is -0.136. The molecule has 0 bridgehead atoms. The first kappa shape index (κ1) is 37.8. The van der Waals surface area contributed by atoms with Crippen molar-refractivity contribution < 1.29 is 23.9 Å². The van der Waals surface area contributed by atoms with E-state index >= 15 is 0 Å². The molecule has 2 aliphatic heterocycles. The fourth-order valence-corrected chi connectivity index (χ4v) is 7.06. The van der Waals surface area contributed by atoms with E-state index in [1.165, 1.54) is 14.2 Å². The van der Waals surface area contributed by atoms with Crippen LogP contribution in [0.2, 0.25) is 0 Å². The Morgan fingerprint density at radius 3 is 1.83 bits per heavy atom. The SMILES string of the molecule is CNC(=O)N[C@H](C(=O)N1CC=CC1c1ncc(-c2ccc(-c3ccc(-c4cnc(C5CCCN5C(=O)[C@@H](NC(=O)OC)C(C)C)[nH]4)cc3)cc2)[nH]1)C(C)C. The number of nitrogens with zero attached hydrogens (tertiary/aromatic N) is 4. The monoisotopic (exact) mass is 735 g/mol. The summed E-state index contributed by atoms with van der Waals surface area (Å²) in [5, 5.41) is 7.99. The first-order chi connectivity index (χ1) is 26.0. The maximum absolute atomic E-state index is 13.5. The van der Waals surface area contributed by atoms with Crippen molar-refractivity contribution in [1.82, 2.24) is 45.7 Å². The Labute approximate surface area is 315 Å². The summed E-state index contributed by atoms with van der Waals surface area (Å²) < 4.78 is 4.75. The molecule has 1 fully saturated rings. The lowest BCUT2D eigenvalue weighted by atomic mass is 10.0. The quantitative estimate of drug-likeness (QED) is 0.125. The molecule has 5 N–H and O–H groups in total. The predicted molar refractivity (Wildman–Crippen MR) is 205 cm³/mol. The van der Waals surface area contributed by atoms with Gasteiger partial charge in [0.25, 0.3) is 0 Å². The van der Waals surface area contributed by atoms with Gasteiger partial charge in [0.1, 0.15) is 29.8 Å². The van der Waals surface area contributed by atoms with Crippen LogP contribution in [-0.2, 0) is 14.3 Å². The van der Waals surface area contributed by atoms with Crippen LogP contribution in [0.1, 0.15) is 64.3 Å². The molecule has 4 atom stereocenters. The van der Waals surface area contributed by atoms with Crippen molar-refractivity contribution in [2.75, 3.05) is 27.2 Å². The summed E-state index contributed by atoms with van der Waals surface area (Å²) in [4.78, 5) is 70.6. The molecule has 2 aromatic carbocycles. The summed E-state index contributed by atoms with van der Waals surface area (Å²) in [6.45, 7) is 8.64. The Balaban J connectivity index is 1.11. The summed E-state index contributed by atoms with van der Waals surface area (Å²) in [5.74, 6) is 0.871. The van der Waals surface area contributed by atoms with Gasteiger partial charge in [0.05, 0.1) is 36.9 Å². The number of carbonyl (C=O) groups is 4. The summed E-state index contributed by atoms with van der Waals surface area (Å²) in [6.07, 6.45) is 8.47. The number of benzene rings is 2. The number of carbonyl (C=O) groups excluding carboxylic acids is 4. The molecular formula is C40H49N9O5. The molecule has 1 saturated heterocycles. The average molecular weight is 736 g/mol. The van der Waals surface area contributed by atoms with Crippen molar-refractivity contribution in [3.63, 3.8) is 0 Å². The van der Waals surface area contributed by atoms with Crippen LogP contribution in [-0.4, -0.2) is 93.0 Å². The van der Waals surface area contributed by atoms with Crippen molar-refractivity contribution in [2.24, 2.45) is 11.8 Å². The number of aromatic amines is 2. The predicted octanol–water partition coefficient (Wildman–Crippen LogP) is 5.57. The number of methoxy groups -OCH3 is 1. The van der Waals surface area contributed by atoms with E-state index in [1.807, 2.05) is 64.1 Å². The fourth-order valence-electron chi connectivity index (χ4n) is 7.06. The number of H-pyrrole nitrogens is 2. The highest BCUT2D eigenvalue weighted by atomic mass is 16.5. The minimum Gasteiger partial charge on any atom is -0.453 e. The lowest BCUT2D eigenvalue weighted by Gasteiger charge is -2.30. The van der Waals surface area contributed by atoms with Crippen LogP contribution in [0.4, 0.5) is 9.59 Å². The van der Waals surface area contributed by atoms with E-state index in [2.05, 4.69) is 60.2 Å². The number of amides is 5. The molecule has 54 heavy (non-hydrogen) atoms. The second-order valence-corrected chi connectivity index (χ2v) is 14.4. The van der Waals surface area contributed by atoms with E-state index in [0.717, 1.165) is 52.3 Å². The van der Waals surface area contributed by atoms with Crippen molar-refractivity contribution in [3.05, 3.63) is 84.7 Å². The molecule has 0 saturated carbocycles. The van der Waals surface area contributed by atoms with Gasteiger partial charge in [-0.2, -0.15) is 0 Å². The van der Waals surface area contributed by atoms with Gasteiger partial charge in [-0.1, -0.05) is 88.4 Å². The second-order valence-electron chi connectivity index (χ2n) is 14.4. The van der Waals surface area contributed by atoms with Gasteiger partial charge in [-0.3, -0.25) is 9.59 Å². The van der Waals surface area contributed by atoms with Crippen LogP contribution < -0.4 is 16.0 Å². The van der Waals surface area contributed by atoms with Crippen LogP contribution in [0, 0.1) is 11.8 Å². The van der Waals surface area contributed by atoms with Crippen LogP contribution in [0.25, 0.3) is 33.6 Å². The Bertz CT molecular complexity index is 1980. The molecule has 2 aliphatic rings. The van der Waals surface area contributed by atoms with Crippen LogP contribution in [0.3, 0.4) is 0 Å². The number of ether oxygens (including phenoxy) is 1. The fraction of sp³-hybridized carbons (Fsp3) is 0.400. The number of hydrogen-bond acceptors (Lipinski definition) is 7. The van der Waals surface area contributed by atoms with Gasteiger partial charge in [-0.15, -0.1) is 0 Å². The zero-order valence-electron chi connectivity index (χ0n) is 31.6. The Kier molecular flexibility index (Phi) is 11.5. The number of urea groups is 1. The third-order valence-corrected chi connectivity index (χ3v) is 10.1. The number of nitrogens with one attached hydrogen (secondary N) is 5. The number of imidazole rings is 2. The highest BCUT2D eigenvalue weighted by molar-refractivity contribution is 5.88. The van der Waals surface area contributed by atoms with Gasteiger partial charge >= 0.3 is 12.1 Å². The van der Waals surface area contributed by atoms with Crippen LogP contribution in [0.15, 0.2) is 73.1 Å². The smallest absolute Gasteiger partial charge is 0.407 e. The van der Waals surface area contributed by atoms with E-state index < -0.39 is 24.2 Å². The van der Waals surface area contributed by atoms with Crippen LogP contribution in [0.5, 0.6) is 0 Å². The second kappa shape index (κ2) is 16.4. The van der Waals surface area contributed by atoms with E-state index in [0.29, 0.717) is 18.9 Å². The highest BCUT2D eigenvalue weighted by Crippen LogP contribution is 2.34. The Morgan fingerprint density at radius 2 is 1.28 bits per heavy atom. The first-order valence-electron chi connectivity index (χ1n) is 18.4. The molecule has 4 heterocycles. The number of alkyl carbamates (subject to hydrolysis) is 1. The van der Waals surface area contributed by atoms with E-state index in [-0.39, 0.29) is 35.7 Å². The largest absolute Gasteiger partial charge is 0.453 e. The molecule has 14 heteroatoms. The molecule has 6 rings (SSSR count). The van der Waals surface area contributed by atoms with Gasteiger partial charge in [-0.25, -0.2) is 19.6 Å². The summed E-state index contributed by atoms with van der Waals surface area (Å²) in [5.41, 5.74) is 5.72. The molecule has 2 unspecified atom stereocenters. The summed E-state index contributed by atoms with van der Waals surface area (Å²) in [7, 11) is 2.81. The van der Waals surface area contributed by atoms with Crippen molar-refractivity contribution in [2.45, 2.75) is 64.7 Å². The number of likely N-dealkylation sites (tertiary alicyclic amines) is 1. The lowest BCUT2D eigenvalue weighted by Crippen LogP contribution is -2.53. The summed E-state index contributed by atoms with van der Waals surface area (Å²) >= 11 is 0. The van der Waals surface area contributed by atoms with E-state index in [1.54, 1.807) is 22.2 Å². The van der Waals surface area contributed by atoms with E-state index in [4.69, 9.17) is 4.74 Å². The minimum atomic E-state index is -0.688. The van der Waals surface area contributed by atoms with Crippen molar-refractivity contribution >= 4 is 23.9 Å². The zero-order valence-corrected chi connectivity index (χ0v) is 31.6.